The first-order chi connectivity index (χ1) is 19.5. The molecular weight excluding hydrogens is 581 g/mol. The lowest BCUT2D eigenvalue weighted by atomic mass is 10.0. The van der Waals surface area contributed by atoms with Crippen LogP contribution in [0.15, 0.2) is 72.8 Å². The number of amides is 2. The highest BCUT2D eigenvalue weighted by molar-refractivity contribution is 7.92. The zero-order chi connectivity index (χ0) is 30.0. The van der Waals surface area contributed by atoms with Crippen molar-refractivity contribution in [2.24, 2.45) is 0 Å². The molecule has 0 saturated carbocycles. The van der Waals surface area contributed by atoms with Gasteiger partial charge in [-0.3, -0.25) is 13.9 Å². The first-order valence-corrected chi connectivity index (χ1v) is 16.3. The number of carbonyl (C=O) groups is 2. The smallest absolute Gasteiger partial charge is 0.244 e. The summed E-state index contributed by atoms with van der Waals surface area (Å²) in [4.78, 5) is 29.3. The van der Waals surface area contributed by atoms with Gasteiger partial charge in [0.25, 0.3) is 0 Å². The van der Waals surface area contributed by atoms with E-state index in [9.17, 15) is 18.0 Å². The molecule has 0 spiro atoms. The Morgan fingerprint density at radius 2 is 1.59 bits per heavy atom. The molecule has 3 aromatic carbocycles. The number of para-hydroxylation sites is 1. The third kappa shape index (κ3) is 9.21. The number of nitrogens with zero attached hydrogens (tertiary/aromatic N) is 2. The minimum absolute atomic E-state index is 0.0292. The van der Waals surface area contributed by atoms with Gasteiger partial charge in [-0.1, -0.05) is 98.1 Å². The molecule has 0 aliphatic carbocycles. The SMILES string of the molecule is CCCCNC(=O)[C@@H](Cc1ccccc1)N(Cc1ccc(Cl)c(Cl)c1)C(=O)CN(c1ccccc1CC)S(C)(=O)=O. The topological polar surface area (TPSA) is 86.8 Å². The fraction of sp³-hybridized carbons (Fsp3) is 0.355. The van der Waals surface area contributed by atoms with Crippen molar-refractivity contribution in [1.82, 2.24) is 10.2 Å². The van der Waals surface area contributed by atoms with Gasteiger partial charge < -0.3 is 10.2 Å². The van der Waals surface area contributed by atoms with Crippen LogP contribution in [0.3, 0.4) is 0 Å². The summed E-state index contributed by atoms with van der Waals surface area (Å²) in [5.74, 6) is -0.824. The number of hydrogen-bond donors (Lipinski definition) is 1. The quantitative estimate of drug-likeness (QED) is 0.229. The Balaban J connectivity index is 2.07. The Bertz CT molecular complexity index is 1430. The zero-order valence-corrected chi connectivity index (χ0v) is 26.0. The molecule has 1 atom stereocenters. The normalized spacial score (nSPS) is 12.0. The summed E-state index contributed by atoms with van der Waals surface area (Å²) in [6, 6.07) is 20.6. The van der Waals surface area contributed by atoms with Crippen LogP contribution in [-0.4, -0.2) is 50.5 Å². The predicted octanol–water partition coefficient (Wildman–Crippen LogP) is 5.88. The molecule has 1 N–H and O–H groups in total. The molecule has 0 aliphatic heterocycles. The third-order valence-corrected chi connectivity index (χ3v) is 8.62. The lowest BCUT2D eigenvalue weighted by Gasteiger charge is -2.34. The van der Waals surface area contributed by atoms with E-state index < -0.39 is 28.5 Å². The molecule has 0 aromatic heterocycles. The summed E-state index contributed by atoms with van der Waals surface area (Å²) >= 11 is 12.4. The first kappa shape index (κ1) is 32.4. The van der Waals surface area contributed by atoms with Crippen LogP contribution in [0.25, 0.3) is 0 Å². The average molecular weight is 619 g/mol. The van der Waals surface area contributed by atoms with Gasteiger partial charge in [-0.25, -0.2) is 8.42 Å². The van der Waals surface area contributed by atoms with E-state index in [1.807, 2.05) is 56.3 Å². The second-order valence-corrected chi connectivity index (χ2v) is 12.6. The van der Waals surface area contributed by atoms with Gasteiger partial charge in [-0.05, 0) is 47.7 Å². The molecule has 2 amide bonds. The standard InChI is InChI=1S/C31H37Cl2N3O4S/c1-4-6-18-34-31(38)29(20-23-12-8-7-9-13-23)35(21-24-16-17-26(32)27(33)19-24)30(37)22-36(41(3,39)40)28-15-11-10-14-25(28)5-2/h7-17,19,29H,4-6,18,20-22H2,1-3H3,(H,34,38)/t29-/m1/s1. The van der Waals surface area contributed by atoms with Crippen LogP contribution < -0.4 is 9.62 Å². The van der Waals surface area contributed by atoms with Gasteiger partial charge in [-0.15, -0.1) is 0 Å². The summed E-state index contributed by atoms with van der Waals surface area (Å²) in [7, 11) is -3.84. The fourth-order valence-electron chi connectivity index (χ4n) is 4.54. The fourth-order valence-corrected chi connectivity index (χ4v) is 5.74. The van der Waals surface area contributed by atoms with Crippen molar-refractivity contribution in [2.45, 2.75) is 52.1 Å². The van der Waals surface area contributed by atoms with Crippen molar-refractivity contribution in [1.29, 1.82) is 0 Å². The van der Waals surface area contributed by atoms with Crippen molar-refractivity contribution in [3.8, 4) is 0 Å². The average Bonchev–Trinajstić information content (AvgIpc) is 2.95. The molecular formula is C31H37Cl2N3O4S. The molecule has 3 aromatic rings. The van der Waals surface area contributed by atoms with Crippen molar-refractivity contribution in [2.75, 3.05) is 23.7 Å². The minimum Gasteiger partial charge on any atom is -0.354 e. The van der Waals surface area contributed by atoms with Crippen molar-refractivity contribution in [3.05, 3.63) is 99.5 Å². The van der Waals surface area contributed by atoms with Gasteiger partial charge >= 0.3 is 0 Å². The number of unbranched alkanes of at least 4 members (excludes halogenated alkanes) is 1. The molecule has 41 heavy (non-hydrogen) atoms. The van der Waals surface area contributed by atoms with E-state index in [-0.39, 0.29) is 18.9 Å². The van der Waals surface area contributed by atoms with Gasteiger partial charge in [0.2, 0.25) is 21.8 Å². The van der Waals surface area contributed by atoms with Crippen molar-refractivity contribution < 1.29 is 18.0 Å². The minimum atomic E-state index is -3.84. The highest BCUT2D eigenvalue weighted by atomic mass is 35.5. The number of rotatable bonds is 14. The number of hydrogen-bond acceptors (Lipinski definition) is 4. The van der Waals surface area contributed by atoms with Crippen LogP contribution in [0.4, 0.5) is 5.69 Å². The number of carbonyl (C=O) groups excluding carboxylic acids is 2. The van der Waals surface area contributed by atoms with E-state index in [1.54, 1.807) is 30.3 Å². The van der Waals surface area contributed by atoms with E-state index in [0.717, 1.165) is 34.5 Å². The first-order valence-electron chi connectivity index (χ1n) is 13.7. The molecule has 220 valence electrons. The number of nitrogens with one attached hydrogen (secondary N) is 1. The zero-order valence-electron chi connectivity index (χ0n) is 23.6. The van der Waals surface area contributed by atoms with E-state index in [0.29, 0.717) is 34.3 Å². The second-order valence-electron chi connectivity index (χ2n) is 9.87. The van der Waals surface area contributed by atoms with Crippen LogP contribution >= 0.6 is 23.2 Å². The molecule has 0 radical (unpaired) electrons. The predicted molar refractivity (Wildman–Crippen MR) is 167 cm³/mol. The van der Waals surface area contributed by atoms with E-state index >= 15 is 0 Å². The van der Waals surface area contributed by atoms with Gasteiger partial charge in [0.05, 0.1) is 22.0 Å². The van der Waals surface area contributed by atoms with E-state index in [4.69, 9.17) is 23.2 Å². The van der Waals surface area contributed by atoms with Crippen LogP contribution in [0.5, 0.6) is 0 Å². The molecule has 7 nitrogen and oxygen atoms in total. The maximum Gasteiger partial charge on any atom is 0.244 e. The van der Waals surface area contributed by atoms with Gasteiger partial charge in [0.1, 0.15) is 12.6 Å². The highest BCUT2D eigenvalue weighted by Gasteiger charge is 2.33. The van der Waals surface area contributed by atoms with E-state index in [1.165, 1.54) is 4.90 Å². The number of aryl methyl sites for hydroxylation is 1. The Morgan fingerprint density at radius 1 is 0.902 bits per heavy atom. The molecule has 0 heterocycles. The number of sulfonamides is 1. The summed E-state index contributed by atoms with van der Waals surface area (Å²) in [6.45, 7) is 3.98. The van der Waals surface area contributed by atoms with Crippen LogP contribution in [0.1, 0.15) is 43.4 Å². The maximum absolute atomic E-state index is 14.2. The van der Waals surface area contributed by atoms with Crippen molar-refractivity contribution >= 4 is 50.7 Å². The lowest BCUT2D eigenvalue weighted by Crippen LogP contribution is -2.53. The number of benzene rings is 3. The molecule has 0 fully saturated rings. The summed E-state index contributed by atoms with van der Waals surface area (Å²) in [5, 5.41) is 3.65. The molecule has 0 aliphatic rings. The monoisotopic (exact) mass is 617 g/mol. The summed E-state index contributed by atoms with van der Waals surface area (Å²) in [5.41, 5.74) is 2.76. The van der Waals surface area contributed by atoms with Gasteiger partial charge in [0.15, 0.2) is 0 Å². The Labute approximate surface area is 253 Å². The van der Waals surface area contributed by atoms with Crippen LogP contribution in [0, 0.1) is 0 Å². The van der Waals surface area contributed by atoms with E-state index in [2.05, 4.69) is 5.32 Å². The number of anilines is 1. The van der Waals surface area contributed by atoms with Crippen molar-refractivity contribution in [3.63, 3.8) is 0 Å². The molecule has 0 unspecified atom stereocenters. The van der Waals surface area contributed by atoms with Gasteiger partial charge in [-0.2, -0.15) is 0 Å². The summed E-state index contributed by atoms with van der Waals surface area (Å²) < 4.78 is 27.1. The maximum atomic E-state index is 14.2. The van der Waals surface area contributed by atoms with Gasteiger partial charge in [0, 0.05) is 19.5 Å². The lowest BCUT2D eigenvalue weighted by molar-refractivity contribution is -0.140. The summed E-state index contributed by atoms with van der Waals surface area (Å²) in [6.07, 6.45) is 3.60. The highest BCUT2D eigenvalue weighted by Crippen LogP contribution is 2.26. The Morgan fingerprint density at radius 3 is 2.22 bits per heavy atom. The van der Waals surface area contributed by atoms with Crippen LogP contribution in [-0.2, 0) is 39.0 Å². The molecule has 3 rings (SSSR count). The molecule has 10 heteroatoms. The Hall–Kier alpha value is -3.07. The largest absolute Gasteiger partial charge is 0.354 e. The third-order valence-electron chi connectivity index (χ3n) is 6.76. The Kier molecular flexibility index (Phi) is 12.1. The van der Waals surface area contributed by atoms with Crippen LogP contribution in [0.2, 0.25) is 10.0 Å². The molecule has 0 bridgehead atoms. The second kappa shape index (κ2) is 15.2. The molecule has 0 saturated heterocycles. The number of halogens is 2.